The molecule has 1 aliphatic rings. The van der Waals surface area contributed by atoms with Gasteiger partial charge in [0.05, 0.1) is 11.4 Å². The van der Waals surface area contributed by atoms with E-state index < -0.39 is 10.0 Å². The van der Waals surface area contributed by atoms with Gasteiger partial charge in [0.25, 0.3) is 0 Å². The summed E-state index contributed by atoms with van der Waals surface area (Å²) in [4.78, 5) is 13.0. The van der Waals surface area contributed by atoms with Crippen LogP contribution >= 0.6 is 23.1 Å². The molecule has 0 radical (unpaired) electrons. The molecule has 0 amide bonds. The second-order valence-corrected chi connectivity index (χ2v) is 13.3. The molecule has 0 saturated carbocycles. The Balaban J connectivity index is 1.36. The van der Waals surface area contributed by atoms with E-state index in [0.717, 1.165) is 16.5 Å². The second-order valence-electron chi connectivity index (χ2n) is 9.16. The minimum atomic E-state index is -3.64. The van der Waals surface area contributed by atoms with Gasteiger partial charge in [0.15, 0.2) is 10.1 Å². The van der Waals surface area contributed by atoms with E-state index in [4.69, 9.17) is 0 Å². The Hall–Kier alpha value is -2.27. The molecule has 0 aliphatic carbocycles. The van der Waals surface area contributed by atoms with Crippen LogP contribution in [0.25, 0.3) is 0 Å². The molecule has 186 valence electrons. The van der Waals surface area contributed by atoms with Crippen LogP contribution in [0.1, 0.15) is 41.8 Å². The number of piperidine rings is 1. The van der Waals surface area contributed by atoms with Crippen LogP contribution in [-0.2, 0) is 15.8 Å². The molecule has 1 fully saturated rings. The molecular formula is C25H30N4O3S3. The number of benzene rings is 2. The minimum Gasteiger partial charge on any atom is -0.353 e. The van der Waals surface area contributed by atoms with Crippen molar-refractivity contribution in [2.45, 2.75) is 42.2 Å². The lowest BCUT2D eigenvalue weighted by Gasteiger charge is -2.34. The first-order chi connectivity index (χ1) is 16.7. The lowest BCUT2D eigenvalue weighted by molar-refractivity contribution is 0.101. The molecule has 2 unspecified atom stereocenters. The standard InChI is InChI=1S/C25H30N4O3S3/c1-17-11-18(2)15-29(14-17)35(31,32)22-10-6-9-20(12-22)23(30)13-26-24-27-28-25(34-24)33-16-21-8-5-4-7-19(21)3/h4-10,12,17-18H,11,13-16H2,1-3H3,(H,26,27). The van der Waals surface area contributed by atoms with E-state index in [1.54, 1.807) is 34.3 Å². The number of sulfonamides is 1. The number of Topliss-reactive ketones (excluding diaryl/α,β-unsaturated/α-hetero) is 1. The minimum absolute atomic E-state index is 0.0123. The first kappa shape index (κ1) is 25.8. The zero-order valence-electron chi connectivity index (χ0n) is 20.1. The molecule has 0 spiro atoms. The third kappa shape index (κ3) is 6.49. The lowest BCUT2D eigenvalue weighted by Crippen LogP contribution is -2.42. The van der Waals surface area contributed by atoms with Crippen LogP contribution in [0.15, 0.2) is 57.8 Å². The maximum absolute atomic E-state index is 13.2. The highest BCUT2D eigenvalue weighted by Crippen LogP contribution is 2.30. The number of ketones is 1. The maximum Gasteiger partial charge on any atom is 0.243 e. The Kier molecular flexibility index (Phi) is 8.26. The highest BCUT2D eigenvalue weighted by atomic mass is 32.2. The largest absolute Gasteiger partial charge is 0.353 e. The predicted molar refractivity (Wildman–Crippen MR) is 142 cm³/mol. The van der Waals surface area contributed by atoms with Crippen molar-refractivity contribution in [1.82, 2.24) is 14.5 Å². The van der Waals surface area contributed by atoms with Gasteiger partial charge in [-0.05, 0) is 48.4 Å². The monoisotopic (exact) mass is 530 g/mol. The number of nitrogens with zero attached hydrogens (tertiary/aromatic N) is 3. The Labute approximate surface area is 215 Å². The van der Waals surface area contributed by atoms with Crippen LogP contribution in [-0.4, -0.2) is 48.3 Å². The molecule has 1 N–H and O–H groups in total. The first-order valence-electron chi connectivity index (χ1n) is 11.6. The van der Waals surface area contributed by atoms with Gasteiger partial charge in [0.1, 0.15) is 0 Å². The van der Waals surface area contributed by atoms with E-state index in [2.05, 4.69) is 48.4 Å². The van der Waals surface area contributed by atoms with E-state index in [1.165, 1.54) is 28.5 Å². The molecule has 7 nitrogen and oxygen atoms in total. The second kappa shape index (κ2) is 11.2. The fourth-order valence-corrected chi connectivity index (χ4v) is 7.84. The fourth-order valence-electron chi connectivity index (χ4n) is 4.29. The lowest BCUT2D eigenvalue weighted by atomic mass is 9.94. The van der Waals surface area contributed by atoms with Gasteiger partial charge in [-0.25, -0.2) is 8.42 Å². The normalized spacial score (nSPS) is 18.9. The number of aromatic nitrogens is 2. The molecule has 2 aromatic carbocycles. The summed E-state index contributed by atoms with van der Waals surface area (Å²) in [5, 5.41) is 11.9. The summed E-state index contributed by atoms with van der Waals surface area (Å²) < 4.78 is 28.8. The fraction of sp³-hybridized carbons (Fsp3) is 0.400. The Bertz CT molecular complexity index is 1280. The van der Waals surface area contributed by atoms with Crippen LogP contribution < -0.4 is 5.32 Å². The number of rotatable bonds is 9. The van der Waals surface area contributed by atoms with Gasteiger partial charge in [-0.3, -0.25) is 4.79 Å². The van der Waals surface area contributed by atoms with Crippen molar-refractivity contribution >= 4 is 44.0 Å². The molecule has 1 aliphatic heterocycles. The topological polar surface area (TPSA) is 92.3 Å². The van der Waals surface area contributed by atoms with E-state index in [1.807, 2.05) is 12.1 Å². The van der Waals surface area contributed by atoms with Crippen molar-refractivity contribution in [3.8, 4) is 0 Å². The number of thioether (sulfide) groups is 1. The van der Waals surface area contributed by atoms with Crippen molar-refractivity contribution in [2.24, 2.45) is 11.8 Å². The van der Waals surface area contributed by atoms with Crippen molar-refractivity contribution in [2.75, 3.05) is 25.0 Å². The molecule has 1 aromatic heterocycles. The average Bonchev–Trinajstić information content (AvgIpc) is 3.29. The summed E-state index contributed by atoms with van der Waals surface area (Å²) in [7, 11) is -3.64. The molecule has 3 aromatic rings. The molecule has 35 heavy (non-hydrogen) atoms. The Morgan fingerprint density at radius 1 is 1.11 bits per heavy atom. The SMILES string of the molecule is Cc1ccccc1CSc1nnc(NCC(=O)c2cccc(S(=O)(=O)N3CC(C)CC(C)C3)c2)s1. The summed E-state index contributed by atoms with van der Waals surface area (Å²) in [6, 6.07) is 14.5. The summed E-state index contributed by atoms with van der Waals surface area (Å²) in [6.07, 6.45) is 1.02. The van der Waals surface area contributed by atoms with E-state index >= 15 is 0 Å². The number of nitrogens with one attached hydrogen (secondary N) is 1. The Morgan fingerprint density at radius 3 is 2.60 bits per heavy atom. The van der Waals surface area contributed by atoms with Crippen LogP contribution in [0.4, 0.5) is 5.13 Å². The number of carbonyl (C=O) groups excluding carboxylic acids is 1. The summed E-state index contributed by atoms with van der Waals surface area (Å²) in [5.41, 5.74) is 2.85. The highest BCUT2D eigenvalue weighted by molar-refractivity contribution is 8.00. The molecule has 4 rings (SSSR count). The predicted octanol–water partition coefficient (Wildman–Crippen LogP) is 5.10. The molecule has 1 saturated heterocycles. The van der Waals surface area contributed by atoms with Gasteiger partial charge in [0, 0.05) is 24.4 Å². The maximum atomic E-state index is 13.2. The van der Waals surface area contributed by atoms with Gasteiger partial charge in [-0.15, -0.1) is 10.2 Å². The Morgan fingerprint density at radius 2 is 1.86 bits per heavy atom. The third-order valence-electron chi connectivity index (χ3n) is 6.05. The quantitative estimate of drug-likeness (QED) is 0.304. The van der Waals surface area contributed by atoms with Crippen LogP contribution in [0.3, 0.4) is 0 Å². The van der Waals surface area contributed by atoms with E-state index in [-0.39, 0.29) is 17.2 Å². The summed E-state index contributed by atoms with van der Waals surface area (Å²) in [5.74, 6) is 1.23. The zero-order chi connectivity index (χ0) is 25.0. The molecule has 10 heteroatoms. The third-order valence-corrected chi connectivity index (χ3v) is 9.94. The molecule has 0 bridgehead atoms. The van der Waals surface area contributed by atoms with Gasteiger partial charge < -0.3 is 5.32 Å². The van der Waals surface area contributed by atoms with Crippen molar-refractivity contribution in [3.63, 3.8) is 0 Å². The van der Waals surface area contributed by atoms with Gasteiger partial charge in [-0.1, -0.05) is 73.3 Å². The number of carbonyl (C=O) groups is 1. The molecule has 2 atom stereocenters. The van der Waals surface area contributed by atoms with Crippen LogP contribution in [0, 0.1) is 18.8 Å². The van der Waals surface area contributed by atoms with Gasteiger partial charge in [0.2, 0.25) is 15.2 Å². The number of anilines is 1. The van der Waals surface area contributed by atoms with Crippen molar-refractivity contribution < 1.29 is 13.2 Å². The number of hydrogen-bond donors (Lipinski definition) is 1. The van der Waals surface area contributed by atoms with Crippen molar-refractivity contribution in [3.05, 3.63) is 65.2 Å². The smallest absolute Gasteiger partial charge is 0.243 e. The van der Waals surface area contributed by atoms with Crippen LogP contribution in [0.5, 0.6) is 0 Å². The van der Waals surface area contributed by atoms with Crippen molar-refractivity contribution in [1.29, 1.82) is 0 Å². The zero-order valence-corrected chi connectivity index (χ0v) is 22.5. The number of hydrogen-bond acceptors (Lipinski definition) is 8. The molecular weight excluding hydrogens is 501 g/mol. The van der Waals surface area contributed by atoms with E-state index in [0.29, 0.717) is 35.6 Å². The van der Waals surface area contributed by atoms with Crippen LogP contribution in [0.2, 0.25) is 0 Å². The summed E-state index contributed by atoms with van der Waals surface area (Å²) in [6.45, 7) is 7.26. The van der Waals surface area contributed by atoms with Gasteiger partial charge in [-0.2, -0.15) is 4.31 Å². The summed E-state index contributed by atoms with van der Waals surface area (Å²) >= 11 is 3.00. The highest BCUT2D eigenvalue weighted by Gasteiger charge is 2.32. The first-order valence-corrected chi connectivity index (χ1v) is 14.8. The molecule has 2 heterocycles. The number of aryl methyl sites for hydroxylation is 1. The van der Waals surface area contributed by atoms with Gasteiger partial charge >= 0.3 is 0 Å². The van der Waals surface area contributed by atoms with E-state index in [9.17, 15) is 13.2 Å². The average molecular weight is 531 g/mol.